The summed E-state index contributed by atoms with van der Waals surface area (Å²) in [7, 11) is 0. The zero-order chi connectivity index (χ0) is 35.6. The lowest BCUT2D eigenvalue weighted by Crippen LogP contribution is -2.48. The minimum Gasteiger partial charge on any atom is -0.390 e. The van der Waals surface area contributed by atoms with Crippen molar-refractivity contribution in [3.63, 3.8) is 0 Å². The zero-order valence-corrected chi connectivity index (χ0v) is 29.2. The summed E-state index contributed by atoms with van der Waals surface area (Å²) in [4.78, 5) is 31.9. The van der Waals surface area contributed by atoms with Crippen LogP contribution in [0.2, 0.25) is 0 Å². The molecule has 1 aliphatic rings. The van der Waals surface area contributed by atoms with Crippen molar-refractivity contribution in [2.24, 2.45) is 0 Å². The molecule has 0 aromatic heterocycles. The number of carbonyl (C=O) groups is 2. The van der Waals surface area contributed by atoms with Gasteiger partial charge in [-0.05, 0) is 91.3 Å². The molecular weight excluding hydrogens is 634 g/mol. The molecule has 1 saturated heterocycles. The fourth-order valence-electron chi connectivity index (χ4n) is 6.81. The molecule has 5 rings (SSSR count). The summed E-state index contributed by atoms with van der Waals surface area (Å²) < 4.78 is 28.2. The molecule has 3 N–H and O–H groups in total. The molecule has 0 spiro atoms. The first-order chi connectivity index (χ1) is 24.1. The number of aliphatic hydroxyl groups is 1. The molecule has 0 saturated carbocycles. The van der Waals surface area contributed by atoms with Gasteiger partial charge >= 0.3 is 0 Å². The minimum absolute atomic E-state index is 0.00301. The predicted octanol–water partition coefficient (Wildman–Crippen LogP) is 6.06. The van der Waals surface area contributed by atoms with Gasteiger partial charge in [-0.1, -0.05) is 61.5 Å². The minimum atomic E-state index is -1.08. The van der Waals surface area contributed by atoms with Gasteiger partial charge in [0.2, 0.25) is 0 Å². The molecule has 0 bridgehead atoms. The first-order valence-corrected chi connectivity index (χ1v) is 17.5. The van der Waals surface area contributed by atoms with Gasteiger partial charge in [-0.15, -0.1) is 0 Å². The van der Waals surface area contributed by atoms with E-state index >= 15 is 0 Å². The molecule has 4 aromatic carbocycles. The lowest BCUT2D eigenvalue weighted by atomic mass is 9.99. The van der Waals surface area contributed by atoms with Crippen molar-refractivity contribution in [3.8, 4) is 0 Å². The number of benzene rings is 4. The number of halogens is 2. The Bertz CT molecular complexity index is 1730. The Labute approximate surface area is 294 Å². The summed E-state index contributed by atoms with van der Waals surface area (Å²) in [6.07, 6.45) is 0.689. The average Bonchev–Trinajstić information content (AvgIpc) is 3.55. The molecule has 50 heavy (non-hydrogen) atoms. The van der Waals surface area contributed by atoms with Gasteiger partial charge in [0.1, 0.15) is 11.6 Å². The number of rotatable bonds is 15. The largest absolute Gasteiger partial charge is 0.390 e. The molecule has 1 fully saturated rings. The average molecular weight is 683 g/mol. The van der Waals surface area contributed by atoms with Crippen molar-refractivity contribution in [3.05, 3.63) is 142 Å². The summed E-state index contributed by atoms with van der Waals surface area (Å²) >= 11 is 0. The van der Waals surface area contributed by atoms with Gasteiger partial charge in [0.25, 0.3) is 11.8 Å². The molecule has 0 radical (unpaired) electrons. The fraction of sp³-hybridized carbons (Fsp3) is 0.366. The van der Waals surface area contributed by atoms with Gasteiger partial charge in [-0.3, -0.25) is 14.5 Å². The summed E-state index contributed by atoms with van der Waals surface area (Å²) in [5.74, 6) is -2.10. The van der Waals surface area contributed by atoms with E-state index in [9.17, 15) is 23.5 Å². The third-order valence-corrected chi connectivity index (χ3v) is 9.37. The summed E-state index contributed by atoms with van der Waals surface area (Å²) in [5.41, 5.74) is 5.24. The van der Waals surface area contributed by atoms with E-state index in [1.165, 1.54) is 23.3 Å². The van der Waals surface area contributed by atoms with Crippen LogP contribution in [0, 0.1) is 18.6 Å². The zero-order valence-electron chi connectivity index (χ0n) is 29.2. The number of hydrogen-bond donors (Lipinski definition) is 3. The maximum absolute atomic E-state index is 14.1. The van der Waals surface area contributed by atoms with Crippen molar-refractivity contribution < 1.29 is 23.5 Å². The SMILES string of the molecule is CCc1cccc(CNC[C@@H](O)[C@H](Cc2cc(F)cc(F)c2)NC(=O)c2cc(C)cc(C(=O)N(CC)C3CCN(Cc4ccccc4)C3)c2)c1. The summed E-state index contributed by atoms with van der Waals surface area (Å²) in [5, 5.41) is 17.4. The van der Waals surface area contributed by atoms with Gasteiger partial charge in [-0.25, -0.2) is 8.78 Å². The second kappa shape index (κ2) is 17.5. The van der Waals surface area contributed by atoms with Crippen LogP contribution >= 0.6 is 0 Å². The molecule has 1 aliphatic heterocycles. The number of likely N-dealkylation sites (N-methyl/N-ethyl adjacent to an activating group) is 1. The standard InChI is InChI=1S/C41H48F2N4O3/c1-4-29-12-9-13-31(18-29)24-44-25-39(48)38(21-32-19-35(42)23-36(43)20-32)45-40(49)33-16-28(3)17-34(22-33)41(50)47(5-2)37-14-15-46(27-37)26-30-10-7-6-8-11-30/h6-13,16-20,22-23,37-39,44,48H,4-5,14-15,21,24-27H2,1-3H3,(H,45,49)/t37?,38-,39+/m0/s1. The number of hydrogen-bond acceptors (Lipinski definition) is 5. The summed E-state index contributed by atoms with van der Waals surface area (Å²) in [6.45, 7) is 9.54. The van der Waals surface area contributed by atoms with Crippen molar-refractivity contribution in [2.45, 2.75) is 71.3 Å². The van der Waals surface area contributed by atoms with Crippen LogP contribution in [0.25, 0.3) is 0 Å². The van der Waals surface area contributed by atoms with Crippen LogP contribution in [0.1, 0.15) is 68.8 Å². The molecule has 3 atom stereocenters. The highest BCUT2D eigenvalue weighted by Crippen LogP contribution is 2.22. The van der Waals surface area contributed by atoms with Crippen LogP contribution in [0.3, 0.4) is 0 Å². The molecule has 4 aromatic rings. The van der Waals surface area contributed by atoms with E-state index in [1.807, 2.05) is 49.1 Å². The van der Waals surface area contributed by atoms with E-state index in [2.05, 4.69) is 46.7 Å². The maximum Gasteiger partial charge on any atom is 0.254 e. The number of aryl methyl sites for hydroxylation is 2. The maximum atomic E-state index is 14.1. The van der Waals surface area contributed by atoms with E-state index < -0.39 is 29.7 Å². The van der Waals surface area contributed by atoms with Crippen LogP contribution in [0.4, 0.5) is 8.78 Å². The Hall–Kier alpha value is -4.44. The quantitative estimate of drug-likeness (QED) is 0.142. The van der Waals surface area contributed by atoms with Gasteiger partial charge in [-0.2, -0.15) is 0 Å². The lowest BCUT2D eigenvalue weighted by Gasteiger charge is -2.29. The number of aliphatic hydroxyl groups excluding tert-OH is 1. The van der Waals surface area contributed by atoms with Gasteiger partial charge in [0, 0.05) is 62.5 Å². The summed E-state index contributed by atoms with van der Waals surface area (Å²) in [6, 6.07) is 25.9. The lowest BCUT2D eigenvalue weighted by molar-refractivity contribution is 0.0693. The van der Waals surface area contributed by atoms with Crippen molar-refractivity contribution in [1.29, 1.82) is 0 Å². The van der Waals surface area contributed by atoms with E-state index in [1.54, 1.807) is 18.2 Å². The molecule has 9 heteroatoms. The fourth-order valence-corrected chi connectivity index (χ4v) is 6.81. The first kappa shape index (κ1) is 36.8. The molecule has 1 heterocycles. The molecule has 0 aliphatic carbocycles. The van der Waals surface area contributed by atoms with Crippen LogP contribution < -0.4 is 10.6 Å². The van der Waals surface area contributed by atoms with Crippen LogP contribution in [-0.4, -0.2) is 71.1 Å². The number of amides is 2. The van der Waals surface area contributed by atoms with Crippen molar-refractivity contribution >= 4 is 11.8 Å². The highest BCUT2D eigenvalue weighted by molar-refractivity contribution is 6.00. The Morgan fingerprint density at radius 3 is 2.30 bits per heavy atom. The van der Waals surface area contributed by atoms with E-state index in [0.717, 1.165) is 49.7 Å². The van der Waals surface area contributed by atoms with E-state index in [0.29, 0.717) is 24.2 Å². The third-order valence-electron chi connectivity index (χ3n) is 9.37. The smallest absolute Gasteiger partial charge is 0.254 e. The second-order valence-corrected chi connectivity index (χ2v) is 13.3. The second-order valence-electron chi connectivity index (χ2n) is 13.3. The Kier molecular flexibility index (Phi) is 12.9. The monoisotopic (exact) mass is 682 g/mol. The number of nitrogens with one attached hydrogen (secondary N) is 2. The highest BCUT2D eigenvalue weighted by Gasteiger charge is 2.31. The number of nitrogens with zero attached hydrogens (tertiary/aromatic N) is 2. The van der Waals surface area contributed by atoms with Crippen molar-refractivity contribution in [2.75, 3.05) is 26.2 Å². The van der Waals surface area contributed by atoms with Gasteiger partial charge in [0.15, 0.2) is 0 Å². The third kappa shape index (κ3) is 10.1. The van der Waals surface area contributed by atoms with Crippen molar-refractivity contribution in [1.82, 2.24) is 20.4 Å². The number of carbonyl (C=O) groups excluding carboxylic acids is 2. The van der Waals surface area contributed by atoms with Crippen LogP contribution in [0.15, 0.2) is 91.0 Å². The molecular formula is C41H48F2N4O3. The van der Waals surface area contributed by atoms with Gasteiger partial charge < -0.3 is 20.6 Å². The normalized spacial score (nSPS) is 15.8. The Morgan fingerprint density at radius 1 is 0.880 bits per heavy atom. The van der Waals surface area contributed by atoms with Crippen LogP contribution in [0.5, 0.6) is 0 Å². The topological polar surface area (TPSA) is 84.9 Å². The first-order valence-electron chi connectivity index (χ1n) is 17.5. The van der Waals surface area contributed by atoms with E-state index in [-0.39, 0.29) is 30.5 Å². The highest BCUT2D eigenvalue weighted by atomic mass is 19.1. The Morgan fingerprint density at radius 2 is 1.58 bits per heavy atom. The van der Waals surface area contributed by atoms with Crippen LogP contribution in [-0.2, 0) is 25.9 Å². The predicted molar refractivity (Wildman–Crippen MR) is 193 cm³/mol. The number of likely N-dealkylation sites (tertiary alicyclic amines) is 1. The van der Waals surface area contributed by atoms with E-state index in [4.69, 9.17) is 0 Å². The molecule has 7 nitrogen and oxygen atoms in total. The molecule has 2 amide bonds. The molecule has 1 unspecified atom stereocenters. The Balaban J connectivity index is 1.29. The van der Waals surface area contributed by atoms with Gasteiger partial charge in [0.05, 0.1) is 12.1 Å². The molecule has 264 valence electrons.